The molecule has 1 N–H and O–H groups in total. The predicted octanol–water partition coefficient (Wildman–Crippen LogP) is 2.05. The normalized spacial score (nSPS) is 14.2. The second-order valence-electron chi connectivity index (χ2n) is 7.19. The zero-order valence-corrected chi connectivity index (χ0v) is 16.8. The lowest BCUT2D eigenvalue weighted by atomic mass is 10.2. The van der Waals surface area contributed by atoms with Crippen LogP contribution < -0.4 is 10.1 Å². The first-order valence-corrected chi connectivity index (χ1v) is 9.90. The highest BCUT2D eigenvalue weighted by molar-refractivity contribution is 5.93. The molecule has 0 fully saturated rings. The molecule has 30 heavy (non-hydrogen) atoms. The van der Waals surface area contributed by atoms with E-state index in [1.54, 1.807) is 25.3 Å². The smallest absolute Gasteiger partial charge is 0.254 e. The van der Waals surface area contributed by atoms with Crippen molar-refractivity contribution in [3.8, 4) is 5.75 Å². The van der Waals surface area contributed by atoms with E-state index in [1.165, 1.54) is 18.6 Å². The number of methoxy groups -OCH3 is 1. The van der Waals surface area contributed by atoms with E-state index in [0.29, 0.717) is 36.4 Å². The van der Waals surface area contributed by atoms with Gasteiger partial charge in [0.2, 0.25) is 0 Å². The maximum atomic E-state index is 14.2. The lowest BCUT2D eigenvalue weighted by Gasteiger charge is -2.20. The molecule has 0 saturated heterocycles. The lowest BCUT2D eigenvalue weighted by molar-refractivity contribution is 0.0953. The van der Waals surface area contributed by atoms with Gasteiger partial charge in [-0.25, -0.2) is 4.39 Å². The minimum atomic E-state index is -0.228. The van der Waals surface area contributed by atoms with E-state index >= 15 is 0 Å². The Morgan fingerprint density at radius 1 is 1.27 bits per heavy atom. The van der Waals surface area contributed by atoms with E-state index in [4.69, 9.17) is 9.15 Å². The van der Waals surface area contributed by atoms with E-state index in [2.05, 4.69) is 25.0 Å². The van der Waals surface area contributed by atoms with Gasteiger partial charge in [0, 0.05) is 51.1 Å². The van der Waals surface area contributed by atoms with Gasteiger partial charge in [0.1, 0.15) is 29.5 Å². The summed E-state index contributed by atoms with van der Waals surface area (Å²) in [7, 11) is 1.58. The van der Waals surface area contributed by atoms with Gasteiger partial charge in [-0.3, -0.25) is 9.69 Å². The first-order chi connectivity index (χ1) is 14.6. The largest absolute Gasteiger partial charge is 0.497 e. The fourth-order valence-electron chi connectivity index (χ4n) is 3.59. The minimum Gasteiger partial charge on any atom is -0.497 e. The number of rotatable bonds is 7. The van der Waals surface area contributed by atoms with Crippen LogP contribution in [0.5, 0.6) is 5.75 Å². The molecule has 0 bridgehead atoms. The number of aromatic nitrogens is 3. The third kappa shape index (κ3) is 4.51. The Balaban J connectivity index is 1.34. The van der Waals surface area contributed by atoms with Crippen LogP contribution in [-0.4, -0.2) is 52.3 Å². The number of carbonyl (C=O) groups is 1. The van der Waals surface area contributed by atoms with Gasteiger partial charge in [0.25, 0.3) is 5.91 Å². The van der Waals surface area contributed by atoms with Gasteiger partial charge < -0.3 is 19.0 Å². The molecule has 8 nitrogen and oxygen atoms in total. The minimum absolute atomic E-state index is 0.175. The third-order valence-electron chi connectivity index (χ3n) is 5.26. The number of hydrogen-bond donors (Lipinski definition) is 1. The number of halogens is 1. The molecule has 0 aliphatic carbocycles. The van der Waals surface area contributed by atoms with Gasteiger partial charge in [-0.15, -0.1) is 10.2 Å². The molecule has 9 heteroatoms. The summed E-state index contributed by atoms with van der Waals surface area (Å²) in [6.45, 7) is 3.22. The molecule has 0 unspecified atom stereocenters. The average molecular weight is 413 g/mol. The van der Waals surface area contributed by atoms with Crippen LogP contribution in [-0.2, 0) is 25.9 Å². The van der Waals surface area contributed by atoms with Crippen molar-refractivity contribution in [1.82, 2.24) is 25.0 Å². The summed E-state index contributed by atoms with van der Waals surface area (Å²) in [4.78, 5) is 14.2. The number of amides is 1. The molecule has 4 rings (SSSR count). The summed E-state index contributed by atoms with van der Waals surface area (Å²) in [5.74, 6) is 2.00. The molecule has 1 amide bonds. The molecule has 1 aliphatic rings. The maximum Gasteiger partial charge on any atom is 0.254 e. The second kappa shape index (κ2) is 9.08. The molecular weight excluding hydrogens is 389 g/mol. The van der Waals surface area contributed by atoms with Gasteiger partial charge in [-0.05, 0) is 24.3 Å². The van der Waals surface area contributed by atoms with Crippen molar-refractivity contribution in [2.75, 3.05) is 26.7 Å². The molecule has 2 aromatic heterocycles. The fraction of sp³-hybridized carbons (Fsp3) is 0.381. The van der Waals surface area contributed by atoms with Crippen LogP contribution in [0.4, 0.5) is 4.39 Å². The number of ether oxygens (including phenoxy) is 1. The number of nitrogens with zero attached hydrogens (tertiary/aromatic N) is 4. The Morgan fingerprint density at radius 3 is 2.97 bits per heavy atom. The molecule has 1 aromatic carbocycles. The topological polar surface area (TPSA) is 85.4 Å². The first kappa shape index (κ1) is 20.1. The SMILES string of the molecule is COc1ccc(F)c(CN2CCc3nnc(CCNC(=O)c4ccoc4)n3CC2)c1. The fourth-order valence-corrected chi connectivity index (χ4v) is 3.59. The van der Waals surface area contributed by atoms with Crippen molar-refractivity contribution in [3.05, 3.63) is 65.4 Å². The van der Waals surface area contributed by atoms with Crippen LogP contribution >= 0.6 is 0 Å². The van der Waals surface area contributed by atoms with E-state index in [9.17, 15) is 9.18 Å². The molecule has 3 aromatic rings. The van der Waals surface area contributed by atoms with Gasteiger partial charge in [0.15, 0.2) is 0 Å². The van der Waals surface area contributed by atoms with E-state index < -0.39 is 0 Å². The summed E-state index contributed by atoms with van der Waals surface area (Å²) < 4.78 is 26.4. The van der Waals surface area contributed by atoms with Crippen LogP contribution in [0.15, 0.2) is 41.2 Å². The van der Waals surface area contributed by atoms with Gasteiger partial charge in [-0.1, -0.05) is 0 Å². The molecular formula is C21H24FN5O3. The van der Waals surface area contributed by atoms with Gasteiger partial charge in [0.05, 0.1) is 18.9 Å². The summed E-state index contributed by atoms with van der Waals surface area (Å²) in [5, 5.41) is 11.5. The van der Waals surface area contributed by atoms with Crippen LogP contribution in [0.25, 0.3) is 0 Å². The van der Waals surface area contributed by atoms with Crippen LogP contribution in [0.2, 0.25) is 0 Å². The Hall–Kier alpha value is -3.20. The molecule has 3 heterocycles. The summed E-state index contributed by atoms with van der Waals surface area (Å²) in [6, 6.07) is 6.43. The molecule has 0 spiro atoms. The highest BCUT2D eigenvalue weighted by Gasteiger charge is 2.20. The van der Waals surface area contributed by atoms with E-state index in [1.807, 2.05) is 0 Å². The molecule has 158 valence electrons. The van der Waals surface area contributed by atoms with Crippen molar-refractivity contribution < 1.29 is 18.3 Å². The van der Waals surface area contributed by atoms with Crippen LogP contribution in [0.3, 0.4) is 0 Å². The molecule has 0 saturated carbocycles. The number of carbonyl (C=O) groups excluding carboxylic acids is 1. The molecule has 0 radical (unpaired) electrons. The Bertz CT molecular complexity index is 1000. The maximum absolute atomic E-state index is 14.2. The number of fused-ring (bicyclic) bond motifs is 1. The standard InChI is InChI=1S/C21H24FN5O3/c1-29-17-2-3-18(22)16(12-17)13-26-8-5-20-25-24-19(27(20)10-9-26)4-7-23-21(28)15-6-11-30-14-15/h2-3,6,11-12,14H,4-5,7-10,13H2,1H3,(H,23,28). The Morgan fingerprint density at radius 2 is 2.17 bits per heavy atom. The summed E-state index contributed by atoms with van der Waals surface area (Å²) in [6.07, 6.45) is 4.20. The molecule has 1 aliphatic heterocycles. The van der Waals surface area contributed by atoms with Crippen molar-refractivity contribution >= 4 is 5.91 Å². The summed E-state index contributed by atoms with van der Waals surface area (Å²) >= 11 is 0. The zero-order chi connectivity index (χ0) is 20.9. The van der Waals surface area contributed by atoms with Crippen molar-refractivity contribution in [2.45, 2.75) is 25.9 Å². The highest BCUT2D eigenvalue weighted by atomic mass is 19.1. The van der Waals surface area contributed by atoms with Crippen LogP contribution in [0, 0.1) is 5.82 Å². The van der Waals surface area contributed by atoms with Gasteiger partial charge >= 0.3 is 0 Å². The Labute approximate surface area is 173 Å². The number of benzene rings is 1. The van der Waals surface area contributed by atoms with Crippen molar-refractivity contribution in [3.63, 3.8) is 0 Å². The molecule has 0 atom stereocenters. The quantitative estimate of drug-likeness (QED) is 0.638. The van der Waals surface area contributed by atoms with Crippen LogP contribution in [0.1, 0.15) is 27.6 Å². The van der Waals surface area contributed by atoms with E-state index in [-0.39, 0.29) is 11.7 Å². The Kier molecular flexibility index (Phi) is 6.08. The lowest BCUT2D eigenvalue weighted by Crippen LogP contribution is -2.28. The third-order valence-corrected chi connectivity index (χ3v) is 5.26. The van der Waals surface area contributed by atoms with Crippen molar-refractivity contribution in [1.29, 1.82) is 0 Å². The van der Waals surface area contributed by atoms with Crippen molar-refractivity contribution in [2.24, 2.45) is 0 Å². The number of nitrogens with one attached hydrogen (secondary N) is 1. The summed E-state index contributed by atoms with van der Waals surface area (Å²) in [5.41, 5.74) is 1.12. The monoisotopic (exact) mass is 413 g/mol. The second-order valence-corrected chi connectivity index (χ2v) is 7.19. The first-order valence-electron chi connectivity index (χ1n) is 9.90. The average Bonchev–Trinajstić information content (AvgIpc) is 3.38. The van der Waals surface area contributed by atoms with E-state index in [0.717, 1.165) is 37.7 Å². The predicted molar refractivity (Wildman–Crippen MR) is 107 cm³/mol. The number of furan rings is 1. The van der Waals surface area contributed by atoms with Gasteiger partial charge in [-0.2, -0.15) is 0 Å². The zero-order valence-electron chi connectivity index (χ0n) is 16.8. The number of hydrogen-bond acceptors (Lipinski definition) is 6. The highest BCUT2D eigenvalue weighted by Crippen LogP contribution is 2.19.